The highest BCUT2D eigenvalue weighted by Crippen LogP contribution is 2.28. The molecule has 1 heterocycles. The predicted molar refractivity (Wildman–Crippen MR) is 103 cm³/mol. The summed E-state index contributed by atoms with van der Waals surface area (Å²) in [6.45, 7) is 4.07. The predicted octanol–water partition coefficient (Wildman–Crippen LogP) is 2.46. The summed E-state index contributed by atoms with van der Waals surface area (Å²) in [5.74, 6) is 0.0190. The van der Waals surface area contributed by atoms with Gasteiger partial charge in [0, 0.05) is 25.5 Å². The number of sulfonamides is 1. The second-order valence-corrected chi connectivity index (χ2v) is 7.93. The number of pyridine rings is 1. The first-order valence-corrected chi connectivity index (χ1v) is 10.3. The van der Waals surface area contributed by atoms with Crippen molar-refractivity contribution in [3.8, 4) is 5.75 Å². The molecule has 146 valence electrons. The number of hydrogen-bond acceptors (Lipinski definition) is 5. The largest absolute Gasteiger partial charge is 0.492 e. The van der Waals surface area contributed by atoms with E-state index in [9.17, 15) is 13.2 Å². The molecule has 0 atom stereocenters. The Bertz CT molecular complexity index is 875. The number of halogens is 1. The number of hydrogen-bond donors (Lipinski definition) is 1. The van der Waals surface area contributed by atoms with E-state index in [-0.39, 0.29) is 23.0 Å². The summed E-state index contributed by atoms with van der Waals surface area (Å²) in [5, 5.41) is 2.91. The van der Waals surface area contributed by atoms with Crippen LogP contribution >= 0.6 is 11.6 Å². The molecule has 0 saturated heterocycles. The lowest BCUT2D eigenvalue weighted by Gasteiger charge is -2.20. The molecule has 0 fully saturated rings. The SMILES string of the molecule is CCOc1ccc(S(=O)(=O)N(CC)CC(=O)NCc2ccncc2)cc1Cl. The maximum Gasteiger partial charge on any atom is 0.243 e. The zero-order chi connectivity index (χ0) is 19.9. The third-order valence-electron chi connectivity index (χ3n) is 3.75. The molecular formula is C18H22ClN3O4S. The summed E-state index contributed by atoms with van der Waals surface area (Å²) in [7, 11) is -3.86. The molecule has 7 nitrogen and oxygen atoms in total. The topological polar surface area (TPSA) is 88.6 Å². The Labute approximate surface area is 164 Å². The van der Waals surface area contributed by atoms with Gasteiger partial charge in [0.05, 0.1) is 23.1 Å². The Kier molecular flexibility index (Phi) is 7.58. The van der Waals surface area contributed by atoms with E-state index in [0.717, 1.165) is 9.87 Å². The van der Waals surface area contributed by atoms with E-state index in [2.05, 4.69) is 10.3 Å². The van der Waals surface area contributed by atoms with Crippen LogP contribution in [-0.2, 0) is 21.4 Å². The van der Waals surface area contributed by atoms with Crippen LogP contribution in [-0.4, -0.2) is 43.3 Å². The normalized spacial score (nSPS) is 11.4. The lowest BCUT2D eigenvalue weighted by Crippen LogP contribution is -2.40. The Morgan fingerprint density at radius 1 is 1.22 bits per heavy atom. The number of carbonyl (C=O) groups excluding carboxylic acids is 1. The Balaban J connectivity index is 2.08. The minimum atomic E-state index is -3.86. The number of carbonyl (C=O) groups is 1. The summed E-state index contributed by atoms with van der Waals surface area (Å²) in [5.41, 5.74) is 0.877. The molecule has 0 bridgehead atoms. The van der Waals surface area contributed by atoms with Crippen LogP contribution in [0.3, 0.4) is 0 Å². The summed E-state index contributed by atoms with van der Waals surface area (Å²) in [6.07, 6.45) is 3.25. The van der Waals surface area contributed by atoms with E-state index >= 15 is 0 Å². The molecule has 0 spiro atoms. The minimum absolute atomic E-state index is 0.0136. The molecule has 0 saturated carbocycles. The maximum absolute atomic E-state index is 12.8. The Morgan fingerprint density at radius 2 is 1.93 bits per heavy atom. The smallest absolute Gasteiger partial charge is 0.243 e. The van der Waals surface area contributed by atoms with Crippen LogP contribution in [0, 0.1) is 0 Å². The van der Waals surface area contributed by atoms with Crippen molar-refractivity contribution < 1.29 is 17.9 Å². The van der Waals surface area contributed by atoms with Gasteiger partial charge in [0.2, 0.25) is 15.9 Å². The zero-order valence-electron chi connectivity index (χ0n) is 15.2. The van der Waals surface area contributed by atoms with E-state index in [4.69, 9.17) is 16.3 Å². The van der Waals surface area contributed by atoms with Crippen LogP contribution < -0.4 is 10.1 Å². The number of nitrogens with zero attached hydrogens (tertiary/aromatic N) is 2. The molecule has 0 unspecified atom stereocenters. The van der Waals surface area contributed by atoms with Crippen LogP contribution in [0.15, 0.2) is 47.6 Å². The van der Waals surface area contributed by atoms with E-state index in [1.807, 2.05) is 6.92 Å². The lowest BCUT2D eigenvalue weighted by molar-refractivity contribution is -0.121. The number of ether oxygens (including phenoxy) is 1. The molecular weight excluding hydrogens is 390 g/mol. The van der Waals surface area contributed by atoms with Gasteiger partial charge in [-0.3, -0.25) is 9.78 Å². The number of rotatable bonds is 9. The van der Waals surface area contributed by atoms with E-state index in [0.29, 0.717) is 18.9 Å². The molecule has 2 rings (SSSR count). The third-order valence-corrected chi connectivity index (χ3v) is 5.96. The van der Waals surface area contributed by atoms with Gasteiger partial charge in [-0.2, -0.15) is 4.31 Å². The van der Waals surface area contributed by atoms with Gasteiger partial charge in [-0.15, -0.1) is 0 Å². The van der Waals surface area contributed by atoms with Gasteiger partial charge in [-0.05, 0) is 42.8 Å². The summed E-state index contributed by atoms with van der Waals surface area (Å²) in [4.78, 5) is 16.1. The number of amides is 1. The highest BCUT2D eigenvalue weighted by molar-refractivity contribution is 7.89. The number of likely N-dealkylation sites (N-methyl/N-ethyl adjacent to an activating group) is 1. The van der Waals surface area contributed by atoms with Gasteiger partial charge >= 0.3 is 0 Å². The van der Waals surface area contributed by atoms with Gasteiger partial charge in [-0.25, -0.2) is 8.42 Å². The van der Waals surface area contributed by atoms with Crippen LogP contribution in [0.5, 0.6) is 5.75 Å². The maximum atomic E-state index is 12.8. The summed E-state index contributed by atoms with van der Waals surface area (Å²) in [6, 6.07) is 7.81. The van der Waals surface area contributed by atoms with Crippen molar-refractivity contribution in [3.63, 3.8) is 0 Å². The highest BCUT2D eigenvalue weighted by atomic mass is 35.5. The molecule has 2 aromatic rings. The summed E-state index contributed by atoms with van der Waals surface area (Å²) >= 11 is 6.09. The van der Waals surface area contributed by atoms with Crippen molar-refractivity contribution in [1.82, 2.24) is 14.6 Å². The first-order valence-electron chi connectivity index (χ1n) is 8.46. The second kappa shape index (κ2) is 9.68. The van der Waals surface area contributed by atoms with Gasteiger partial charge < -0.3 is 10.1 Å². The molecule has 0 aliphatic carbocycles. The minimum Gasteiger partial charge on any atom is -0.492 e. The average Bonchev–Trinajstić information content (AvgIpc) is 2.66. The molecule has 0 radical (unpaired) electrons. The van der Waals surface area contributed by atoms with Crippen molar-refractivity contribution in [1.29, 1.82) is 0 Å². The molecule has 1 aromatic heterocycles. The van der Waals surface area contributed by atoms with E-state index in [1.54, 1.807) is 31.5 Å². The van der Waals surface area contributed by atoms with Gasteiger partial charge in [0.1, 0.15) is 5.75 Å². The monoisotopic (exact) mass is 411 g/mol. The van der Waals surface area contributed by atoms with Gasteiger partial charge in [0.15, 0.2) is 0 Å². The van der Waals surface area contributed by atoms with E-state index < -0.39 is 15.9 Å². The van der Waals surface area contributed by atoms with Crippen LogP contribution in [0.2, 0.25) is 5.02 Å². The van der Waals surface area contributed by atoms with Crippen LogP contribution in [0.25, 0.3) is 0 Å². The molecule has 1 amide bonds. The number of aromatic nitrogens is 1. The van der Waals surface area contributed by atoms with Crippen molar-refractivity contribution in [2.24, 2.45) is 0 Å². The quantitative estimate of drug-likeness (QED) is 0.684. The standard InChI is InChI=1S/C18H22ClN3O4S/c1-3-22(13-18(23)21-12-14-7-9-20-10-8-14)27(24,25)15-5-6-17(26-4-2)16(19)11-15/h5-11H,3-4,12-13H2,1-2H3,(H,21,23). The molecule has 27 heavy (non-hydrogen) atoms. The molecule has 0 aliphatic heterocycles. The van der Waals surface area contributed by atoms with Crippen molar-refractivity contribution in [2.45, 2.75) is 25.3 Å². The summed E-state index contributed by atoms with van der Waals surface area (Å²) < 4.78 is 32.1. The first kappa shape index (κ1) is 21.1. The van der Waals surface area contributed by atoms with Crippen LogP contribution in [0.4, 0.5) is 0 Å². The third kappa shape index (κ3) is 5.66. The molecule has 9 heteroatoms. The first-order chi connectivity index (χ1) is 12.9. The average molecular weight is 412 g/mol. The second-order valence-electron chi connectivity index (χ2n) is 5.59. The highest BCUT2D eigenvalue weighted by Gasteiger charge is 2.26. The fraction of sp³-hybridized carbons (Fsp3) is 0.333. The zero-order valence-corrected chi connectivity index (χ0v) is 16.8. The lowest BCUT2D eigenvalue weighted by atomic mass is 10.3. The van der Waals surface area contributed by atoms with Crippen molar-refractivity contribution in [2.75, 3.05) is 19.7 Å². The Morgan fingerprint density at radius 3 is 2.52 bits per heavy atom. The number of nitrogens with one attached hydrogen (secondary N) is 1. The van der Waals surface area contributed by atoms with Gasteiger partial charge in [-0.1, -0.05) is 18.5 Å². The van der Waals surface area contributed by atoms with Crippen molar-refractivity contribution in [3.05, 3.63) is 53.3 Å². The Hall–Kier alpha value is -2.16. The molecule has 1 N–H and O–H groups in total. The fourth-order valence-electron chi connectivity index (χ4n) is 2.35. The number of benzene rings is 1. The van der Waals surface area contributed by atoms with E-state index in [1.165, 1.54) is 18.2 Å². The molecule has 0 aliphatic rings. The fourth-order valence-corrected chi connectivity index (χ4v) is 4.08. The van der Waals surface area contributed by atoms with Gasteiger partial charge in [0.25, 0.3) is 0 Å². The van der Waals surface area contributed by atoms with Crippen LogP contribution in [0.1, 0.15) is 19.4 Å². The van der Waals surface area contributed by atoms with Crippen molar-refractivity contribution >= 4 is 27.5 Å². The molecule has 1 aromatic carbocycles.